The number of hydrogen-bond donors (Lipinski definition) is 0. The molecule has 0 atom stereocenters. The van der Waals surface area contributed by atoms with E-state index in [1.54, 1.807) is 0 Å². The van der Waals surface area contributed by atoms with E-state index in [1.165, 1.54) is 0 Å². The summed E-state index contributed by atoms with van der Waals surface area (Å²) in [6.45, 7) is 0. The van der Waals surface area contributed by atoms with Crippen LogP contribution in [-0.4, -0.2) is 16.3 Å². The normalized spacial score (nSPS) is 24.2. The van der Waals surface area contributed by atoms with Crippen LogP contribution >= 0.6 is 22.6 Å². The highest BCUT2D eigenvalue weighted by Crippen LogP contribution is 2.58. The highest BCUT2D eigenvalue weighted by Gasteiger charge is 2.70. The van der Waals surface area contributed by atoms with Crippen molar-refractivity contribution in [2.45, 2.75) is 42.0 Å². The van der Waals surface area contributed by atoms with Gasteiger partial charge in [-0.05, 0) is 25.7 Å². The average molecular weight is 346 g/mol. The molecule has 0 radical (unpaired) electrons. The molecule has 90 valence electrons. The second kappa shape index (κ2) is 3.96. The van der Waals surface area contributed by atoms with Gasteiger partial charge in [0.1, 0.15) is 0 Å². The zero-order valence-corrected chi connectivity index (χ0v) is 9.71. The Hall–Kier alpha value is 0.310. The summed E-state index contributed by atoms with van der Waals surface area (Å²) in [6.07, 6.45) is -12.1. The minimum atomic E-state index is -5.19. The zero-order chi connectivity index (χ0) is 11.9. The molecule has 0 heterocycles. The van der Waals surface area contributed by atoms with Gasteiger partial charge in [-0.15, -0.1) is 0 Å². The van der Waals surface area contributed by atoms with Crippen molar-refractivity contribution in [1.82, 2.24) is 0 Å². The summed E-state index contributed by atoms with van der Waals surface area (Å²) in [5.41, 5.74) is -3.47. The predicted octanol–water partition coefficient (Wildman–Crippen LogP) is 4.48. The Morgan fingerprint density at radius 3 is 1.47 bits per heavy atom. The molecule has 7 heteroatoms. The molecule has 0 aliphatic heterocycles. The molecule has 0 saturated heterocycles. The first-order chi connectivity index (χ1) is 6.60. The van der Waals surface area contributed by atoms with Crippen molar-refractivity contribution < 1.29 is 26.3 Å². The molecule has 0 N–H and O–H groups in total. The topological polar surface area (TPSA) is 0 Å². The first kappa shape index (κ1) is 13.4. The molecular formula is C8H9F6I. The van der Waals surface area contributed by atoms with Gasteiger partial charge < -0.3 is 0 Å². The van der Waals surface area contributed by atoms with Gasteiger partial charge in [0.05, 0.1) is 0 Å². The standard InChI is InChI=1S/C8H9F6I/c9-7(10,11)6(8(12,13)14)3-1-5(15)2-4-6/h5H,1-4H2. The monoisotopic (exact) mass is 346 g/mol. The molecule has 0 aromatic heterocycles. The molecule has 0 unspecified atom stereocenters. The van der Waals surface area contributed by atoms with E-state index in [0.29, 0.717) is 0 Å². The van der Waals surface area contributed by atoms with Crippen molar-refractivity contribution in [3.8, 4) is 0 Å². The van der Waals surface area contributed by atoms with Gasteiger partial charge in [0.15, 0.2) is 5.41 Å². The van der Waals surface area contributed by atoms with Crippen LogP contribution in [0.3, 0.4) is 0 Å². The maximum absolute atomic E-state index is 12.5. The van der Waals surface area contributed by atoms with Crippen LogP contribution < -0.4 is 0 Å². The quantitative estimate of drug-likeness (QED) is 0.345. The molecule has 0 aromatic rings. The third-order valence-electron chi connectivity index (χ3n) is 2.85. The van der Waals surface area contributed by atoms with E-state index < -0.39 is 30.6 Å². The highest BCUT2D eigenvalue weighted by molar-refractivity contribution is 14.1. The predicted molar refractivity (Wildman–Crippen MR) is 50.8 cm³/mol. The van der Waals surface area contributed by atoms with Gasteiger partial charge >= 0.3 is 12.4 Å². The number of rotatable bonds is 0. The molecule has 0 bridgehead atoms. The van der Waals surface area contributed by atoms with Gasteiger partial charge in [-0.2, -0.15) is 26.3 Å². The van der Waals surface area contributed by atoms with Gasteiger partial charge in [0, 0.05) is 3.92 Å². The second-order valence-electron chi connectivity index (χ2n) is 3.75. The number of hydrogen-bond acceptors (Lipinski definition) is 0. The minimum Gasteiger partial charge on any atom is -0.170 e. The Morgan fingerprint density at radius 2 is 1.20 bits per heavy atom. The number of halogens is 7. The Kier molecular flexibility index (Phi) is 3.53. The van der Waals surface area contributed by atoms with Gasteiger partial charge in [0.2, 0.25) is 0 Å². The lowest BCUT2D eigenvalue weighted by molar-refractivity contribution is -0.349. The summed E-state index contributed by atoms with van der Waals surface area (Å²) in [6, 6.07) is 0. The zero-order valence-electron chi connectivity index (χ0n) is 7.55. The summed E-state index contributed by atoms with van der Waals surface area (Å²) in [5, 5.41) is 0. The van der Waals surface area contributed by atoms with Crippen LogP contribution in [0, 0.1) is 5.41 Å². The highest BCUT2D eigenvalue weighted by atomic mass is 127. The van der Waals surface area contributed by atoms with Crippen LogP contribution in [0.15, 0.2) is 0 Å². The van der Waals surface area contributed by atoms with Crippen LogP contribution in [0.2, 0.25) is 0 Å². The van der Waals surface area contributed by atoms with E-state index in [0.717, 1.165) is 0 Å². The van der Waals surface area contributed by atoms with Gasteiger partial charge in [0.25, 0.3) is 0 Å². The molecular weight excluding hydrogens is 337 g/mol. The van der Waals surface area contributed by atoms with E-state index in [4.69, 9.17) is 0 Å². The van der Waals surface area contributed by atoms with E-state index in [-0.39, 0.29) is 16.8 Å². The summed E-state index contributed by atoms with van der Waals surface area (Å²) in [7, 11) is 0. The Bertz CT molecular complexity index is 206. The SMILES string of the molecule is FC(F)(F)C1(C(F)(F)F)CCC(I)CC1. The van der Waals surface area contributed by atoms with Crippen LogP contribution in [0.25, 0.3) is 0 Å². The Morgan fingerprint density at radius 1 is 0.867 bits per heavy atom. The molecule has 1 aliphatic carbocycles. The lowest BCUT2D eigenvalue weighted by Gasteiger charge is -2.41. The molecule has 0 amide bonds. The fourth-order valence-electron chi connectivity index (χ4n) is 1.80. The Labute approximate surface area is 96.5 Å². The second-order valence-corrected chi connectivity index (χ2v) is 5.51. The summed E-state index contributed by atoms with van der Waals surface area (Å²) in [5.74, 6) is 0. The fraction of sp³-hybridized carbons (Fsp3) is 1.00. The molecule has 0 spiro atoms. The van der Waals surface area contributed by atoms with E-state index >= 15 is 0 Å². The number of alkyl halides is 7. The summed E-state index contributed by atoms with van der Waals surface area (Å²) < 4.78 is 74.9. The van der Waals surface area contributed by atoms with Gasteiger partial charge in [-0.25, -0.2) is 0 Å². The summed E-state index contributed by atoms with van der Waals surface area (Å²) in [4.78, 5) is 0. The van der Waals surface area contributed by atoms with Crippen molar-refractivity contribution in [3.05, 3.63) is 0 Å². The van der Waals surface area contributed by atoms with Crippen molar-refractivity contribution in [3.63, 3.8) is 0 Å². The largest absolute Gasteiger partial charge is 0.403 e. The first-order valence-corrected chi connectivity index (χ1v) is 5.62. The van der Waals surface area contributed by atoms with Crippen LogP contribution in [0.4, 0.5) is 26.3 Å². The smallest absolute Gasteiger partial charge is 0.170 e. The third kappa shape index (κ3) is 2.36. The first-order valence-electron chi connectivity index (χ1n) is 4.38. The van der Waals surface area contributed by atoms with Crippen molar-refractivity contribution >= 4 is 22.6 Å². The van der Waals surface area contributed by atoms with Crippen LogP contribution in [0.1, 0.15) is 25.7 Å². The van der Waals surface area contributed by atoms with Crippen molar-refractivity contribution in [2.75, 3.05) is 0 Å². The van der Waals surface area contributed by atoms with Crippen LogP contribution in [-0.2, 0) is 0 Å². The lowest BCUT2D eigenvalue weighted by atomic mass is 9.73. The average Bonchev–Trinajstić information content (AvgIpc) is 2.00. The molecule has 1 saturated carbocycles. The Balaban J connectivity index is 2.99. The molecule has 0 nitrogen and oxygen atoms in total. The maximum atomic E-state index is 12.5. The van der Waals surface area contributed by atoms with E-state index in [9.17, 15) is 26.3 Å². The van der Waals surface area contributed by atoms with Crippen LogP contribution in [0.5, 0.6) is 0 Å². The molecule has 1 rings (SSSR count). The third-order valence-corrected chi connectivity index (χ3v) is 4.10. The maximum Gasteiger partial charge on any atom is 0.403 e. The van der Waals surface area contributed by atoms with Crippen molar-refractivity contribution in [1.29, 1.82) is 0 Å². The lowest BCUT2D eigenvalue weighted by Crippen LogP contribution is -2.52. The minimum absolute atomic E-state index is 0.0282. The van der Waals surface area contributed by atoms with Gasteiger partial charge in [-0.1, -0.05) is 22.6 Å². The fourth-order valence-corrected chi connectivity index (χ4v) is 2.43. The molecule has 15 heavy (non-hydrogen) atoms. The van der Waals surface area contributed by atoms with Crippen molar-refractivity contribution in [2.24, 2.45) is 5.41 Å². The van der Waals surface area contributed by atoms with E-state index in [2.05, 4.69) is 0 Å². The summed E-state index contributed by atoms with van der Waals surface area (Å²) >= 11 is 1.90. The van der Waals surface area contributed by atoms with E-state index in [1.807, 2.05) is 22.6 Å². The molecule has 1 aliphatic rings. The van der Waals surface area contributed by atoms with Gasteiger partial charge in [-0.3, -0.25) is 0 Å². The molecule has 1 fully saturated rings. The molecule has 0 aromatic carbocycles.